The number of benzene rings is 3. The quantitative estimate of drug-likeness (QED) is 0.324. The zero-order valence-corrected chi connectivity index (χ0v) is 24.4. The highest BCUT2D eigenvalue weighted by molar-refractivity contribution is 7.92. The van der Waals surface area contributed by atoms with Crippen LogP contribution in [0.4, 0.5) is 5.69 Å². The zero-order valence-electron chi connectivity index (χ0n) is 22.8. The van der Waals surface area contributed by atoms with Crippen LogP contribution in [-0.2, 0) is 26.0 Å². The molecule has 7 nitrogen and oxygen atoms in total. The molecule has 208 valence electrons. The number of hydrogen-bond acceptors (Lipinski definition) is 4. The summed E-state index contributed by atoms with van der Waals surface area (Å²) in [6.45, 7) is 7.13. The second-order valence-electron chi connectivity index (χ2n) is 9.67. The lowest BCUT2D eigenvalue weighted by atomic mass is 10.1. The van der Waals surface area contributed by atoms with Crippen molar-refractivity contribution in [3.8, 4) is 0 Å². The van der Waals surface area contributed by atoms with Crippen LogP contribution in [0.25, 0.3) is 0 Å². The largest absolute Gasteiger partial charge is 0.352 e. The van der Waals surface area contributed by atoms with E-state index in [0.717, 1.165) is 15.4 Å². The summed E-state index contributed by atoms with van der Waals surface area (Å²) in [5, 5.41) is 3.29. The maximum absolute atomic E-state index is 14.0. The molecule has 0 radical (unpaired) electrons. The minimum atomic E-state index is -4.12. The highest BCUT2D eigenvalue weighted by Gasteiger charge is 2.33. The molecule has 1 atom stereocenters. The molecule has 0 spiro atoms. The van der Waals surface area contributed by atoms with Crippen molar-refractivity contribution in [3.05, 3.63) is 95.0 Å². The van der Waals surface area contributed by atoms with Crippen LogP contribution in [0.15, 0.2) is 83.8 Å². The Morgan fingerprint density at radius 2 is 1.56 bits per heavy atom. The molecule has 0 unspecified atom stereocenters. The van der Waals surface area contributed by atoms with E-state index in [1.807, 2.05) is 58.0 Å². The average molecular weight is 570 g/mol. The molecule has 2 amide bonds. The van der Waals surface area contributed by atoms with Crippen molar-refractivity contribution in [2.75, 3.05) is 17.4 Å². The maximum atomic E-state index is 14.0. The van der Waals surface area contributed by atoms with Gasteiger partial charge in [-0.25, -0.2) is 8.42 Å². The van der Waals surface area contributed by atoms with Gasteiger partial charge in [-0.3, -0.25) is 13.9 Å². The van der Waals surface area contributed by atoms with Gasteiger partial charge in [0.15, 0.2) is 0 Å². The van der Waals surface area contributed by atoms with E-state index >= 15 is 0 Å². The second-order valence-corrected chi connectivity index (χ2v) is 11.9. The first-order chi connectivity index (χ1) is 18.5. The standard InChI is InChI=1S/C30H36ClN3O4S/c1-5-28(30(36)32-22(2)3)33(19-18-24-12-8-6-9-13-24)29(35)21-34(25-17-16-23(4)27(31)20-25)39(37,38)26-14-10-7-11-15-26/h6-17,20,22,28H,5,18-19,21H2,1-4H3,(H,32,36)/t28-/m0/s1. The molecule has 39 heavy (non-hydrogen) atoms. The minimum Gasteiger partial charge on any atom is -0.352 e. The Labute approximate surface area is 236 Å². The van der Waals surface area contributed by atoms with Gasteiger partial charge >= 0.3 is 0 Å². The summed E-state index contributed by atoms with van der Waals surface area (Å²) in [4.78, 5) is 28.7. The van der Waals surface area contributed by atoms with Crippen molar-refractivity contribution < 1.29 is 18.0 Å². The fourth-order valence-electron chi connectivity index (χ4n) is 4.26. The first-order valence-corrected chi connectivity index (χ1v) is 14.8. The first kappa shape index (κ1) is 30.2. The summed E-state index contributed by atoms with van der Waals surface area (Å²) < 4.78 is 28.7. The fourth-order valence-corrected chi connectivity index (χ4v) is 5.86. The Bertz CT molecular complexity index is 1370. The summed E-state index contributed by atoms with van der Waals surface area (Å²) in [6, 6.07) is 21.6. The van der Waals surface area contributed by atoms with Gasteiger partial charge < -0.3 is 10.2 Å². The van der Waals surface area contributed by atoms with Crippen molar-refractivity contribution in [1.29, 1.82) is 0 Å². The fraction of sp³-hybridized carbons (Fsp3) is 0.333. The topological polar surface area (TPSA) is 86.8 Å². The van der Waals surface area contributed by atoms with Gasteiger partial charge in [0, 0.05) is 17.6 Å². The highest BCUT2D eigenvalue weighted by atomic mass is 35.5. The van der Waals surface area contributed by atoms with E-state index in [1.165, 1.54) is 17.0 Å². The number of sulfonamides is 1. The smallest absolute Gasteiger partial charge is 0.264 e. The van der Waals surface area contributed by atoms with E-state index in [4.69, 9.17) is 11.6 Å². The van der Waals surface area contributed by atoms with Crippen LogP contribution in [0.2, 0.25) is 5.02 Å². The number of nitrogens with zero attached hydrogens (tertiary/aromatic N) is 2. The summed E-state index contributed by atoms with van der Waals surface area (Å²) in [7, 11) is -4.12. The van der Waals surface area contributed by atoms with Crippen LogP contribution >= 0.6 is 11.6 Å². The first-order valence-electron chi connectivity index (χ1n) is 13.0. The molecule has 3 aromatic carbocycles. The molecule has 0 aliphatic rings. The molecular formula is C30H36ClN3O4S. The average Bonchev–Trinajstić information content (AvgIpc) is 2.91. The normalized spacial score (nSPS) is 12.2. The Balaban J connectivity index is 2.02. The van der Waals surface area contributed by atoms with Crippen LogP contribution < -0.4 is 9.62 Å². The van der Waals surface area contributed by atoms with Crippen LogP contribution in [0, 0.1) is 6.92 Å². The van der Waals surface area contributed by atoms with Crippen LogP contribution in [0.1, 0.15) is 38.3 Å². The number of carbonyl (C=O) groups is 2. The molecule has 0 bridgehead atoms. The van der Waals surface area contributed by atoms with Crippen LogP contribution in [-0.4, -0.2) is 50.3 Å². The van der Waals surface area contributed by atoms with Gasteiger partial charge in [-0.05, 0) is 69.0 Å². The Hall–Kier alpha value is -3.36. The Morgan fingerprint density at radius 1 is 0.949 bits per heavy atom. The molecular weight excluding hydrogens is 534 g/mol. The molecule has 3 rings (SSSR count). The number of rotatable bonds is 12. The van der Waals surface area contributed by atoms with E-state index in [-0.39, 0.29) is 29.1 Å². The van der Waals surface area contributed by atoms with Gasteiger partial charge in [0.1, 0.15) is 12.6 Å². The lowest BCUT2D eigenvalue weighted by Crippen LogP contribution is -2.54. The predicted molar refractivity (Wildman–Crippen MR) is 156 cm³/mol. The zero-order chi connectivity index (χ0) is 28.6. The molecule has 0 saturated carbocycles. The Morgan fingerprint density at radius 3 is 2.13 bits per heavy atom. The van der Waals surface area contributed by atoms with E-state index < -0.39 is 28.5 Å². The molecule has 1 N–H and O–H groups in total. The number of aryl methyl sites for hydroxylation is 1. The van der Waals surface area contributed by atoms with Crippen molar-refractivity contribution in [2.45, 2.75) is 57.5 Å². The van der Waals surface area contributed by atoms with Gasteiger partial charge in [-0.1, -0.05) is 73.1 Å². The third-order valence-corrected chi connectivity index (χ3v) is 8.55. The lowest BCUT2D eigenvalue weighted by Gasteiger charge is -2.33. The van der Waals surface area contributed by atoms with Gasteiger partial charge in [0.2, 0.25) is 11.8 Å². The Kier molecular flexibility index (Phi) is 10.5. The van der Waals surface area contributed by atoms with E-state index in [0.29, 0.717) is 17.9 Å². The number of nitrogens with one attached hydrogen (secondary N) is 1. The van der Waals surface area contributed by atoms with Crippen LogP contribution in [0.5, 0.6) is 0 Å². The van der Waals surface area contributed by atoms with Gasteiger partial charge in [-0.15, -0.1) is 0 Å². The summed E-state index contributed by atoms with van der Waals surface area (Å²) in [6.07, 6.45) is 0.890. The molecule has 0 aromatic heterocycles. The number of halogens is 1. The molecule has 0 aliphatic heterocycles. The minimum absolute atomic E-state index is 0.0509. The van der Waals surface area contributed by atoms with E-state index in [2.05, 4.69) is 5.32 Å². The summed E-state index contributed by atoms with van der Waals surface area (Å²) in [5.74, 6) is -0.752. The van der Waals surface area contributed by atoms with Gasteiger partial charge in [0.05, 0.1) is 10.6 Å². The van der Waals surface area contributed by atoms with Crippen molar-refractivity contribution >= 4 is 39.1 Å². The molecule has 0 aliphatic carbocycles. The van der Waals surface area contributed by atoms with E-state index in [1.54, 1.807) is 36.4 Å². The molecule has 3 aromatic rings. The molecule has 0 heterocycles. The second kappa shape index (κ2) is 13.6. The molecule has 0 fully saturated rings. The van der Waals surface area contributed by atoms with Crippen molar-refractivity contribution in [3.63, 3.8) is 0 Å². The predicted octanol–water partition coefficient (Wildman–Crippen LogP) is 5.22. The third-order valence-electron chi connectivity index (χ3n) is 6.35. The van der Waals surface area contributed by atoms with Crippen molar-refractivity contribution in [2.24, 2.45) is 0 Å². The van der Waals surface area contributed by atoms with Crippen molar-refractivity contribution in [1.82, 2.24) is 10.2 Å². The van der Waals surface area contributed by atoms with Crippen LogP contribution in [0.3, 0.4) is 0 Å². The SMILES string of the molecule is CC[C@@H](C(=O)NC(C)C)N(CCc1ccccc1)C(=O)CN(c1ccc(C)c(Cl)c1)S(=O)(=O)c1ccccc1. The van der Waals surface area contributed by atoms with E-state index in [9.17, 15) is 18.0 Å². The number of carbonyl (C=O) groups excluding carboxylic acids is 2. The molecule has 9 heteroatoms. The lowest BCUT2D eigenvalue weighted by molar-refractivity contribution is -0.139. The number of hydrogen-bond donors (Lipinski definition) is 1. The summed E-state index contributed by atoms with van der Waals surface area (Å²) in [5.41, 5.74) is 2.06. The third kappa shape index (κ3) is 7.83. The number of amides is 2. The van der Waals surface area contributed by atoms with Gasteiger partial charge in [0.25, 0.3) is 10.0 Å². The number of anilines is 1. The molecule has 0 saturated heterocycles. The van der Waals surface area contributed by atoms with Gasteiger partial charge in [-0.2, -0.15) is 0 Å². The monoisotopic (exact) mass is 569 g/mol. The summed E-state index contributed by atoms with van der Waals surface area (Å²) >= 11 is 6.36. The highest BCUT2D eigenvalue weighted by Crippen LogP contribution is 2.28. The maximum Gasteiger partial charge on any atom is 0.264 e.